The minimum atomic E-state index is -3.77. The summed E-state index contributed by atoms with van der Waals surface area (Å²) in [6.45, 7) is 5.88. The van der Waals surface area contributed by atoms with Crippen molar-refractivity contribution < 1.29 is 27.5 Å². The van der Waals surface area contributed by atoms with Crippen molar-refractivity contribution in [2.75, 3.05) is 29.0 Å². The molecule has 0 bridgehead atoms. The van der Waals surface area contributed by atoms with Gasteiger partial charge in [-0.1, -0.05) is 36.4 Å². The first-order valence-corrected chi connectivity index (χ1v) is 12.1. The third-order valence-electron chi connectivity index (χ3n) is 4.90. The number of benzene rings is 2. The molecule has 0 aliphatic heterocycles. The molecule has 0 radical (unpaired) electrons. The van der Waals surface area contributed by atoms with E-state index in [1.54, 1.807) is 31.2 Å². The van der Waals surface area contributed by atoms with Gasteiger partial charge in [0.25, 0.3) is 5.91 Å². The maximum Gasteiger partial charge on any atom is 0.327 e. The second-order valence-electron chi connectivity index (χ2n) is 7.72. The van der Waals surface area contributed by atoms with Gasteiger partial charge in [-0.3, -0.25) is 18.7 Å². The van der Waals surface area contributed by atoms with Crippen LogP contribution in [0, 0.1) is 20.8 Å². The Morgan fingerprint density at radius 2 is 1.55 bits per heavy atom. The highest BCUT2D eigenvalue weighted by Gasteiger charge is 2.25. The van der Waals surface area contributed by atoms with Gasteiger partial charge in [-0.15, -0.1) is 0 Å². The van der Waals surface area contributed by atoms with Crippen LogP contribution in [0.25, 0.3) is 0 Å². The zero-order valence-electron chi connectivity index (χ0n) is 19.3. The molecule has 0 aliphatic carbocycles. The van der Waals surface area contributed by atoms with E-state index in [1.165, 1.54) is 6.92 Å². The second kappa shape index (κ2) is 11.0. The van der Waals surface area contributed by atoms with Gasteiger partial charge in [0.05, 0.1) is 18.5 Å². The van der Waals surface area contributed by atoms with E-state index in [-0.39, 0.29) is 6.54 Å². The number of ether oxygens (including phenoxy) is 1. The largest absolute Gasteiger partial charge is 0.451 e. The maximum atomic E-state index is 12.4. The van der Waals surface area contributed by atoms with Gasteiger partial charge >= 0.3 is 5.97 Å². The molecule has 2 amide bonds. The van der Waals surface area contributed by atoms with Crippen LogP contribution < -0.4 is 14.9 Å². The molecule has 2 rings (SSSR count). The molecule has 0 aliphatic rings. The van der Waals surface area contributed by atoms with Crippen molar-refractivity contribution in [2.45, 2.75) is 33.8 Å². The number of carbonyl (C=O) groups excluding carboxylic acids is 3. The number of sulfonamides is 1. The van der Waals surface area contributed by atoms with E-state index in [9.17, 15) is 22.8 Å². The molecular weight excluding hydrogens is 446 g/mol. The standard InChI is InChI=1S/C23H29N3O6S/c1-15-9-6-7-12-19(15)26(33(5,30)31)14-21(28)32-18(4)23(29)24-13-20(27)25-22-16(2)10-8-11-17(22)3/h6-12,18H,13-14H2,1-5H3,(H,24,29)(H,25,27). The molecule has 10 heteroatoms. The molecule has 178 valence electrons. The Morgan fingerprint density at radius 3 is 2.12 bits per heavy atom. The van der Waals surface area contributed by atoms with Crippen molar-refractivity contribution >= 4 is 39.2 Å². The molecule has 0 heterocycles. The lowest BCUT2D eigenvalue weighted by atomic mass is 10.1. The predicted molar refractivity (Wildman–Crippen MR) is 126 cm³/mol. The number of rotatable bonds is 9. The van der Waals surface area contributed by atoms with Crippen LogP contribution in [0.3, 0.4) is 0 Å². The summed E-state index contributed by atoms with van der Waals surface area (Å²) in [6, 6.07) is 12.3. The third-order valence-corrected chi connectivity index (χ3v) is 6.03. The zero-order chi connectivity index (χ0) is 24.8. The molecule has 0 aromatic heterocycles. The summed E-state index contributed by atoms with van der Waals surface area (Å²) in [5, 5.41) is 5.16. The first-order valence-electron chi connectivity index (χ1n) is 10.3. The topological polar surface area (TPSA) is 122 Å². The zero-order valence-corrected chi connectivity index (χ0v) is 20.2. The first-order chi connectivity index (χ1) is 15.4. The molecular formula is C23H29N3O6S. The Balaban J connectivity index is 1.93. The number of carbonyl (C=O) groups is 3. The van der Waals surface area contributed by atoms with Crippen molar-refractivity contribution in [2.24, 2.45) is 0 Å². The Hall–Kier alpha value is -3.40. The van der Waals surface area contributed by atoms with Gasteiger partial charge in [0, 0.05) is 5.69 Å². The number of aryl methyl sites for hydroxylation is 3. The van der Waals surface area contributed by atoms with Crippen molar-refractivity contribution in [1.29, 1.82) is 0 Å². The Bertz CT molecular complexity index is 1130. The summed E-state index contributed by atoms with van der Waals surface area (Å²) in [5.41, 5.74) is 3.46. The molecule has 2 aromatic rings. The lowest BCUT2D eigenvalue weighted by Gasteiger charge is -2.24. The van der Waals surface area contributed by atoms with Crippen molar-refractivity contribution in [3.8, 4) is 0 Å². The van der Waals surface area contributed by atoms with Gasteiger partial charge in [0.1, 0.15) is 6.54 Å². The van der Waals surface area contributed by atoms with Gasteiger partial charge in [0.2, 0.25) is 15.9 Å². The van der Waals surface area contributed by atoms with Crippen LogP contribution in [0.1, 0.15) is 23.6 Å². The number of hydrogen-bond donors (Lipinski definition) is 2. The van der Waals surface area contributed by atoms with Crippen LogP contribution in [0.5, 0.6) is 0 Å². The molecule has 2 aromatic carbocycles. The summed E-state index contributed by atoms with van der Waals surface area (Å²) in [4.78, 5) is 36.8. The number of esters is 1. The number of anilines is 2. The molecule has 33 heavy (non-hydrogen) atoms. The highest BCUT2D eigenvalue weighted by molar-refractivity contribution is 7.92. The summed E-state index contributed by atoms with van der Waals surface area (Å²) in [5.74, 6) is -2.00. The number of nitrogens with one attached hydrogen (secondary N) is 2. The van der Waals surface area contributed by atoms with Crippen LogP contribution in [-0.2, 0) is 29.1 Å². The number of para-hydroxylation sites is 2. The monoisotopic (exact) mass is 475 g/mol. The third kappa shape index (κ3) is 7.31. The Kier molecular flexibility index (Phi) is 8.58. The highest BCUT2D eigenvalue weighted by atomic mass is 32.2. The molecule has 0 spiro atoms. The Morgan fingerprint density at radius 1 is 0.970 bits per heavy atom. The summed E-state index contributed by atoms with van der Waals surface area (Å²) in [7, 11) is -3.77. The van der Waals surface area contributed by atoms with Gasteiger partial charge in [0.15, 0.2) is 6.10 Å². The van der Waals surface area contributed by atoms with Crippen LogP contribution in [0.2, 0.25) is 0 Å². The van der Waals surface area contributed by atoms with Crippen molar-refractivity contribution in [1.82, 2.24) is 5.32 Å². The number of nitrogens with zero attached hydrogens (tertiary/aromatic N) is 1. The van der Waals surface area contributed by atoms with Crippen molar-refractivity contribution in [3.63, 3.8) is 0 Å². The average molecular weight is 476 g/mol. The normalized spacial score (nSPS) is 11.9. The van der Waals surface area contributed by atoms with Crippen molar-refractivity contribution in [3.05, 3.63) is 59.2 Å². The van der Waals surface area contributed by atoms with Crippen LogP contribution in [0.15, 0.2) is 42.5 Å². The molecule has 2 N–H and O–H groups in total. The summed E-state index contributed by atoms with van der Waals surface area (Å²) in [6.07, 6.45) is -0.235. The second-order valence-corrected chi connectivity index (χ2v) is 9.63. The van der Waals surface area contributed by atoms with E-state index in [0.717, 1.165) is 21.7 Å². The van der Waals surface area contributed by atoms with E-state index < -0.39 is 40.5 Å². The fraction of sp³-hybridized carbons (Fsp3) is 0.348. The average Bonchev–Trinajstić information content (AvgIpc) is 2.72. The fourth-order valence-electron chi connectivity index (χ4n) is 3.14. The van der Waals surface area contributed by atoms with E-state index in [2.05, 4.69) is 10.6 Å². The van der Waals surface area contributed by atoms with Gasteiger partial charge in [-0.25, -0.2) is 8.42 Å². The Labute approximate surface area is 194 Å². The quantitative estimate of drug-likeness (QED) is 0.536. The smallest absolute Gasteiger partial charge is 0.327 e. The van der Waals surface area contributed by atoms with E-state index in [1.807, 2.05) is 32.0 Å². The van der Waals surface area contributed by atoms with Crippen LogP contribution in [0.4, 0.5) is 11.4 Å². The summed E-state index contributed by atoms with van der Waals surface area (Å²) >= 11 is 0. The van der Waals surface area contributed by atoms with E-state index in [4.69, 9.17) is 4.74 Å². The van der Waals surface area contributed by atoms with E-state index in [0.29, 0.717) is 16.9 Å². The molecule has 1 atom stereocenters. The molecule has 0 saturated carbocycles. The predicted octanol–water partition coefficient (Wildman–Crippen LogP) is 2.06. The maximum absolute atomic E-state index is 12.4. The number of hydrogen-bond acceptors (Lipinski definition) is 6. The van der Waals surface area contributed by atoms with Crippen LogP contribution >= 0.6 is 0 Å². The van der Waals surface area contributed by atoms with Gasteiger partial charge < -0.3 is 15.4 Å². The minimum Gasteiger partial charge on any atom is -0.451 e. The van der Waals surface area contributed by atoms with Gasteiger partial charge in [-0.2, -0.15) is 0 Å². The number of amides is 2. The lowest BCUT2D eigenvalue weighted by Crippen LogP contribution is -2.42. The van der Waals surface area contributed by atoms with E-state index >= 15 is 0 Å². The molecule has 1 unspecified atom stereocenters. The summed E-state index contributed by atoms with van der Waals surface area (Å²) < 4.78 is 30.4. The SMILES string of the molecule is Cc1ccccc1N(CC(=O)OC(C)C(=O)NCC(=O)Nc1c(C)cccc1C)S(C)(=O)=O. The van der Waals surface area contributed by atoms with Crippen LogP contribution in [-0.4, -0.2) is 51.7 Å². The molecule has 9 nitrogen and oxygen atoms in total. The fourth-order valence-corrected chi connectivity index (χ4v) is 4.04. The molecule has 0 fully saturated rings. The van der Waals surface area contributed by atoms with Gasteiger partial charge in [-0.05, 0) is 50.5 Å². The lowest BCUT2D eigenvalue weighted by molar-refractivity contribution is -0.153. The molecule has 0 saturated heterocycles. The highest BCUT2D eigenvalue weighted by Crippen LogP contribution is 2.22. The minimum absolute atomic E-state index is 0.312. The first kappa shape index (κ1) is 25.9.